The summed E-state index contributed by atoms with van der Waals surface area (Å²) < 4.78 is 2.45. The molecule has 0 fully saturated rings. The van der Waals surface area contributed by atoms with Crippen molar-refractivity contribution in [3.8, 4) is 39.1 Å². The van der Waals surface area contributed by atoms with Crippen molar-refractivity contribution in [2.75, 3.05) is 4.90 Å². The van der Waals surface area contributed by atoms with E-state index < -0.39 is 0 Å². The van der Waals surface area contributed by atoms with Crippen molar-refractivity contribution in [3.63, 3.8) is 0 Å². The van der Waals surface area contributed by atoms with Crippen molar-refractivity contribution >= 4 is 49.6 Å². The van der Waals surface area contributed by atoms with E-state index in [1.807, 2.05) is 0 Å². The molecule has 11 rings (SSSR count). The van der Waals surface area contributed by atoms with Crippen LogP contribution in [0.25, 0.3) is 71.6 Å². The Morgan fingerprint density at radius 1 is 0.386 bits per heavy atom. The SMILES string of the molecule is CC1(C)c2ccccc2-c2ccc(N(c3ccc(-c4ccccc4)cc3)c3cc4c(c5ccccc35)c3ccccc3n4-c3ccc(-c4ccccc4)cc3)cc21. The minimum atomic E-state index is -0.130. The topological polar surface area (TPSA) is 8.17 Å². The van der Waals surface area contributed by atoms with E-state index in [0.29, 0.717) is 0 Å². The summed E-state index contributed by atoms with van der Waals surface area (Å²) in [4.78, 5) is 2.48. The molecular formula is C55H40N2. The third kappa shape index (κ3) is 5.25. The average Bonchev–Trinajstić information content (AvgIpc) is 3.73. The number of rotatable bonds is 6. The molecule has 2 nitrogen and oxygen atoms in total. The van der Waals surface area contributed by atoms with Crippen LogP contribution in [0.5, 0.6) is 0 Å². The Balaban J connectivity index is 1.17. The summed E-state index contributed by atoms with van der Waals surface area (Å²) in [7, 11) is 0. The molecule has 1 aromatic heterocycles. The lowest BCUT2D eigenvalue weighted by Crippen LogP contribution is -2.16. The Bertz CT molecular complexity index is 3120. The molecule has 57 heavy (non-hydrogen) atoms. The minimum Gasteiger partial charge on any atom is -0.310 e. The van der Waals surface area contributed by atoms with E-state index in [9.17, 15) is 0 Å². The molecule has 0 saturated heterocycles. The fourth-order valence-corrected chi connectivity index (χ4v) is 9.40. The second-order valence-electron chi connectivity index (χ2n) is 15.7. The molecule has 0 amide bonds. The third-order valence-corrected chi connectivity index (χ3v) is 12.2. The molecule has 10 aromatic rings. The van der Waals surface area contributed by atoms with E-state index in [4.69, 9.17) is 0 Å². The maximum absolute atomic E-state index is 2.48. The Labute approximate surface area is 333 Å². The first-order chi connectivity index (χ1) is 28.0. The summed E-state index contributed by atoms with van der Waals surface area (Å²) in [6.07, 6.45) is 0. The molecule has 2 heteroatoms. The van der Waals surface area contributed by atoms with Gasteiger partial charge in [0.05, 0.1) is 16.7 Å². The fraction of sp³-hybridized carbons (Fsp3) is 0.0545. The largest absolute Gasteiger partial charge is 0.310 e. The zero-order chi connectivity index (χ0) is 38.1. The van der Waals surface area contributed by atoms with Crippen LogP contribution in [0, 0.1) is 0 Å². The van der Waals surface area contributed by atoms with Crippen molar-refractivity contribution in [2.45, 2.75) is 19.3 Å². The van der Waals surface area contributed by atoms with Crippen LogP contribution in [-0.4, -0.2) is 4.57 Å². The highest BCUT2D eigenvalue weighted by Gasteiger charge is 2.36. The molecular weight excluding hydrogens is 689 g/mol. The maximum atomic E-state index is 2.48. The predicted molar refractivity (Wildman–Crippen MR) is 241 cm³/mol. The van der Waals surface area contributed by atoms with Crippen LogP contribution < -0.4 is 4.90 Å². The normalized spacial score (nSPS) is 12.9. The van der Waals surface area contributed by atoms with E-state index >= 15 is 0 Å². The van der Waals surface area contributed by atoms with E-state index in [1.54, 1.807) is 0 Å². The van der Waals surface area contributed by atoms with E-state index in [0.717, 1.165) is 22.7 Å². The standard InChI is InChI=1S/C55H40N2/c1-55(2)49-23-13-11-19-44(49)45-34-33-43(35-50(45)55)56(41-29-25-39(26-30-41)37-15-5-3-6-16-37)52-36-53-54(47-21-10-9-20-46(47)52)48-22-12-14-24-51(48)57(53)42-31-27-40(28-32-42)38-17-7-4-8-18-38/h3-36H,1-2H3. The van der Waals surface area contributed by atoms with Gasteiger partial charge in [-0.1, -0.05) is 172 Å². The Morgan fingerprint density at radius 3 is 1.61 bits per heavy atom. The van der Waals surface area contributed by atoms with Gasteiger partial charge in [-0.05, 0) is 98.4 Å². The summed E-state index contributed by atoms with van der Waals surface area (Å²) in [6, 6.07) is 75.6. The summed E-state index contributed by atoms with van der Waals surface area (Å²) in [5.74, 6) is 0. The second-order valence-corrected chi connectivity index (χ2v) is 15.7. The number of anilines is 3. The number of hydrogen-bond acceptors (Lipinski definition) is 1. The maximum Gasteiger partial charge on any atom is 0.0568 e. The van der Waals surface area contributed by atoms with Crippen LogP contribution >= 0.6 is 0 Å². The van der Waals surface area contributed by atoms with E-state index in [-0.39, 0.29) is 5.41 Å². The van der Waals surface area contributed by atoms with Gasteiger partial charge in [-0.2, -0.15) is 0 Å². The van der Waals surface area contributed by atoms with Crippen LogP contribution in [0.4, 0.5) is 17.1 Å². The van der Waals surface area contributed by atoms with Gasteiger partial charge in [0.1, 0.15) is 0 Å². The van der Waals surface area contributed by atoms with Crippen LogP contribution in [0.1, 0.15) is 25.0 Å². The molecule has 1 heterocycles. The number of benzene rings is 9. The summed E-state index contributed by atoms with van der Waals surface area (Å²) in [6.45, 7) is 4.73. The van der Waals surface area contributed by atoms with Crippen LogP contribution in [0.2, 0.25) is 0 Å². The van der Waals surface area contributed by atoms with Crippen molar-refractivity contribution in [2.24, 2.45) is 0 Å². The molecule has 1 aliphatic carbocycles. The molecule has 0 radical (unpaired) electrons. The van der Waals surface area contributed by atoms with Gasteiger partial charge in [-0.25, -0.2) is 0 Å². The minimum absolute atomic E-state index is 0.130. The average molecular weight is 729 g/mol. The number of fused-ring (bicyclic) bond motifs is 8. The van der Waals surface area contributed by atoms with Gasteiger partial charge in [0, 0.05) is 38.6 Å². The Morgan fingerprint density at radius 2 is 0.912 bits per heavy atom. The molecule has 0 spiro atoms. The zero-order valence-electron chi connectivity index (χ0n) is 32.0. The quantitative estimate of drug-likeness (QED) is 0.165. The first-order valence-corrected chi connectivity index (χ1v) is 19.9. The monoisotopic (exact) mass is 728 g/mol. The van der Waals surface area contributed by atoms with Gasteiger partial charge in [0.25, 0.3) is 0 Å². The molecule has 0 unspecified atom stereocenters. The molecule has 0 N–H and O–H groups in total. The van der Waals surface area contributed by atoms with Crippen LogP contribution in [0.3, 0.4) is 0 Å². The summed E-state index contributed by atoms with van der Waals surface area (Å²) >= 11 is 0. The second kappa shape index (κ2) is 13.0. The van der Waals surface area contributed by atoms with Crippen LogP contribution in [0.15, 0.2) is 206 Å². The molecule has 270 valence electrons. The van der Waals surface area contributed by atoms with Gasteiger partial charge in [-0.3, -0.25) is 0 Å². The number of hydrogen-bond donors (Lipinski definition) is 0. The van der Waals surface area contributed by atoms with Crippen molar-refractivity contribution in [3.05, 3.63) is 217 Å². The molecule has 0 atom stereocenters. The fourth-order valence-electron chi connectivity index (χ4n) is 9.40. The first kappa shape index (κ1) is 33.2. The third-order valence-electron chi connectivity index (χ3n) is 12.2. The van der Waals surface area contributed by atoms with Gasteiger partial charge in [0.2, 0.25) is 0 Å². The van der Waals surface area contributed by atoms with E-state index in [2.05, 4.69) is 230 Å². The Hall–Kier alpha value is -7.16. The summed E-state index contributed by atoms with van der Waals surface area (Å²) in [5, 5.41) is 4.96. The van der Waals surface area contributed by atoms with Crippen molar-refractivity contribution in [1.29, 1.82) is 0 Å². The molecule has 0 aliphatic heterocycles. The molecule has 0 bridgehead atoms. The highest BCUT2D eigenvalue weighted by atomic mass is 15.1. The highest BCUT2D eigenvalue weighted by molar-refractivity contribution is 6.24. The first-order valence-electron chi connectivity index (χ1n) is 19.9. The predicted octanol–water partition coefficient (Wildman–Crippen LogP) is 15.0. The lowest BCUT2D eigenvalue weighted by Gasteiger charge is -2.29. The number of nitrogens with zero attached hydrogens (tertiary/aromatic N) is 2. The lowest BCUT2D eigenvalue weighted by atomic mass is 9.82. The lowest BCUT2D eigenvalue weighted by molar-refractivity contribution is 0.660. The molecule has 0 saturated carbocycles. The highest BCUT2D eigenvalue weighted by Crippen LogP contribution is 2.52. The molecule has 1 aliphatic rings. The Kier molecular flexibility index (Phi) is 7.55. The number of aromatic nitrogens is 1. The smallest absolute Gasteiger partial charge is 0.0568 e. The zero-order valence-corrected chi connectivity index (χ0v) is 32.0. The van der Waals surface area contributed by atoms with Gasteiger partial charge in [0.15, 0.2) is 0 Å². The molecule has 9 aromatic carbocycles. The van der Waals surface area contributed by atoms with Crippen molar-refractivity contribution < 1.29 is 0 Å². The van der Waals surface area contributed by atoms with Gasteiger partial charge >= 0.3 is 0 Å². The number of para-hydroxylation sites is 1. The van der Waals surface area contributed by atoms with E-state index in [1.165, 1.54) is 77.1 Å². The van der Waals surface area contributed by atoms with Crippen molar-refractivity contribution in [1.82, 2.24) is 4.57 Å². The van der Waals surface area contributed by atoms with Gasteiger partial charge in [-0.15, -0.1) is 0 Å². The van der Waals surface area contributed by atoms with Gasteiger partial charge < -0.3 is 9.47 Å². The van der Waals surface area contributed by atoms with Crippen LogP contribution in [-0.2, 0) is 5.41 Å². The summed E-state index contributed by atoms with van der Waals surface area (Å²) in [5.41, 5.74) is 17.0.